The minimum absolute atomic E-state index is 0.0242. The molecule has 0 bridgehead atoms. The average Bonchev–Trinajstić information content (AvgIpc) is 2.61. The number of carbonyl (C=O) groups excluding carboxylic acids is 1. The van der Waals surface area contributed by atoms with Crippen LogP contribution in [0.25, 0.3) is 0 Å². The smallest absolute Gasteiger partial charge is 0.234 e. The lowest BCUT2D eigenvalue weighted by molar-refractivity contribution is -0.120. The summed E-state index contributed by atoms with van der Waals surface area (Å²) in [6.45, 7) is 3.03. The van der Waals surface area contributed by atoms with E-state index in [2.05, 4.69) is 22.8 Å². The number of carbonyl (C=O) groups is 1. The fourth-order valence-corrected chi connectivity index (χ4v) is 3.15. The van der Waals surface area contributed by atoms with Gasteiger partial charge in [0.25, 0.3) is 0 Å². The third-order valence-corrected chi connectivity index (χ3v) is 4.90. The van der Waals surface area contributed by atoms with Crippen molar-refractivity contribution in [3.8, 4) is 0 Å². The van der Waals surface area contributed by atoms with Gasteiger partial charge >= 0.3 is 0 Å². The van der Waals surface area contributed by atoms with Crippen LogP contribution < -0.4 is 10.6 Å². The van der Waals surface area contributed by atoms with Crippen molar-refractivity contribution in [1.29, 1.82) is 0 Å². The minimum atomic E-state index is 0.0242. The van der Waals surface area contributed by atoms with Gasteiger partial charge in [0, 0.05) is 29.1 Å². The normalized spacial score (nSPS) is 11.9. The highest BCUT2D eigenvalue weighted by Crippen LogP contribution is 2.15. The molecule has 2 aromatic carbocycles. The van der Waals surface area contributed by atoms with Crippen LogP contribution in [0.15, 0.2) is 54.6 Å². The van der Waals surface area contributed by atoms with Gasteiger partial charge in [0.2, 0.25) is 5.91 Å². The van der Waals surface area contributed by atoms with E-state index < -0.39 is 0 Å². The first-order valence-corrected chi connectivity index (χ1v) is 9.55. The van der Waals surface area contributed by atoms with Crippen molar-refractivity contribution in [2.75, 3.05) is 18.8 Å². The lowest BCUT2D eigenvalue weighted by atomic mass is 10.1. The highest BCUT2D eigenvalue weighted by Gasteiger charge is 2.07. The number of thioether (sulfide) groups is 1. The first-order valence-electron chi connectivity index (χ1n) is 8.02. The maximum atomic E-state index is 11.9. The standard InChI is InChI=1S/C19H23ClN2OS/c1-15(17-7-9-18(20)10-8-17)22-13-19(23)21-11-12-24-14-16-5-3-2-4-6-16/h2-10,15,22H,11-14H2,1H3,(H,21,23)/t15-/m0/s1. The van der Waals surface area contributed by atoms with Crippen LogP contribution in [-0.4, -0.2) is 24.7 Å². The molecule has 0 fully saturated rings. The van der Waals surface area contributed by atoms with Gasteiger partial charge in [-0.15, -0.1) is 0 Å². The van der Waals surface area contributed by atoms with E-state index in [9.17, 15) is 4.79 Å². The highest BCUT2D eigenvalue weighted by atomic mass is 35.5. The Balaban J connectivity index is 1.57. The van der Waals surface area contributed by atoms with E-state index in [1.807, 2.05) is 61.2 Å². The molecule has 3 nitrogen and oxygen atoms in total. The Hall–Kier alpha value is -1.49. The predicted molar refractivity (Wildman–Crippen MR) is 103 cm³/mol. The number of hydrogen-bond acceptors (Lipinski definition) is 3. The van der Waals surface area contributed by atoms with Crippen LogP contribution >= 0.6 is 23.4 Å². The number of hydrogen-bond donors (Lipinski definition) is 2. The largest absolute Gasteiger partial charge is 0.354 e. The van der Waals surface area contributed by atoms with Crippen molar-refractivity contribution in [1.82, 2.24) is 10.6 Å². The number of benzene rings is 2. The Kier molecular flexibility index (Phi) is 8.16. The van der Waals surface area contributed by atoms with E-state index in [4.69, 9.17) is 11.6 Å². The van der Waals surface area contributed by atoms with Crippen molar-refractivity contribution in [3.05, 3.63) is 70.7 Å². The second kappa shape index (κ2) is 10.4. The summed E-state index contributed by atoms with van der Waals surface area (Å²) in [5.74, 6) is 1.91. The molecule has 1 amide bonds. The third kappa shape index (κ3) is 6.95. The van der Waals surface area contributed by atoms with Crippen molar-refractivity contribution >= 4 is 29.3 Å². The fourth-order valence-electron chi connectivity index (χ4n) is 2.20. The zero-order chi connectivity index (χ0) is 17.2. The zero-order valence-corrected chi connectivity index (χ0v) is 15.4. The van der Waals surface area contributed by atoms with Crippen LogP contribution in [0.1, 0.15) is 24.1 Å². The molecule has 0 aromatic heterocycles. The van der Waals surface area contributed by atoms with Gasteiger partial charge in [0.1, 0.15) is 0 Å². The first-order chi connectivity index (χ1) is 11.6. The Labute approximate surface area is 153 Å². The number of nitrogens with one attached hydrogen (secondary N) is 2. The van der Waals surface area contributed by atoms with Crippen molar-refractivity contribution < 1.29 is 4.79 Å². The van der Waals surface area contributed by atoms with Crippen LogP contribution in [0.3, 0.4) is 0 Å². The maximum absolute atomic E-state index is 11.9. The SMILES string of the molecule is C[C@H](NCC(=O)NCCSCc1ccccc1)c1ccc(Cl)cc1. The molecule has 0 spiro atoms. The molecule has 0 saturated carbocycles. The second-order valence-corrected chi connectivity index (χ2v) is 7.08. The van der Waals surface area contributed by atoms with Crippen LogP contribution in [-0.2, 0) is 10.5 Å². The summed E-state index contributed by atoms with van der Waals surface area (Å²) in [5, 5.41) is 6.88. The first kappa shape index (κ1) is 18.8. The maximum Gasteiger partial charge on any atom is 0.234 e. The monoisotopic (exact) mass is 362 g/mol. The molecule has 5 heteroatoms. The Morgan fingerprint density at radius 1 is 1.12 bits per heavy atom. The van der Waals surface area contributed by atoms with Gasteiger partial charge in [0.05, 0.1) is 6.54 Å². The molecule has 2 N–H and O–H groups in total. The Bertz CT molecular complexity index is 619. The molecule has 0 unspecified atom stereocenters. The molecule has 128 valence electrons. The van der Waals surface area contributed by atoms with E-state index >= 15 is 0 Å². The molecular weight excluding hydrogens is 340 g/mol. The van der Waals surface area contributed by atoms with E-state index in [1.54, 1.807) is 0 Å². The van der Waals surface area contributed by atoms with Crippen LogP contribution in [0.4, 0.5) is 0 Å². The summed E-state index contributed by atoms with van der Waals surface area (Å²) in [4.78, 5) is 11.9. The summed E-state index contributed by atoms with van der Waals surface area (Å²) >= 11 is 7.70. The molecule has 0 saturated heterocycles. The van der Waals surface area contributed by atoms with E-state index in [0.29, 0.717) is 13.1 Å². The predicted octanol–water partition coefficient (Wildman–Crippen LogP) is 4.04. The van der Waals surface area contributed by atoms with Crippen LogP contribution in [0, 0.1) is 0 Å². The Morgan fingerprint density at radius 2 is 1.83 bits per heavy atom. The molecule has 2 aromatic rings. The topological polar surface area (TPSA) is 41.1 Å². The fraction of sp³-hybridized carbons (Fsp3) is 0.316. The second-order valence-electron chi connectivity index (χ2n) is 5.54. The molecule has 0 radical (unpaired) electrons. The molecule has 2 rings (SSSR count). The summed E-state index contributed by atoms with van der Waals surface area (Å²) in [7, 11) is 0. The summed E-state index contributed by atoms with van der Waals surface area (Å²) in [5.41, 5.74) is 2.43. The van der Waals surface area contributed by atoms with Gasteiger partial charge in [-0.25, -0.2) is 0 Å². The molecule has 1 atom stereocenters. The third-order valence-electron chi connectivity index (χ3n) is 3.62. The lowest BCUT2D eigenvalue weighted by Gasteiger charge is -2.14. The number of halogens is 1. The van der Waals surface area contributed by atoms with Crippen molar-refractivity contribution in [2.24, 2.45) is 0 Å². The van der Waals surface area contributed by atoms with Gasteiger partial charge in [-0.1, -0.05) is 54.1 Å². The van der Waals surface area contributed by atoms with Crippen LogP contribution in [0.5, 0.6) is 0 Å². The molecule has 0 aliphatic carbocycles. The number of amides is 1. The molecule has 0 aliphatic rings. The minimum Gasteiger partial charge on any atom is -0.354 e. The van der Waals surface area contributed by atoms with Gasteiger partial charge in [-0.2, -0.15) is 11.8 Å². The summed E-state index contributed by atoms with van der Waals surface area (Å²) < 4.78 is 0. The number of rotatable bonds is 9. The molecule has 24 heavy (non-hydrogen) atoms. The van der Waals surface area contributed by atoms with Crippen molar-refractivity contribution in [3.63, 3.8) is 0 Å². The Morgan fingerprint density at radius 3 is 2.54 bits per heavy atom. The summed E-state index contributed by atoms with van der Waals surface area (Å²) in [6, 6.07) is 18.1. The highest BCUT2D eigenvalue weighted by molar-refractivity contribution is 7.98. The quantitative estimate of drug-likeness (QED) is 0.661. The van der Waals surface area contributed by atoms with E-state index in [-0.39, 0.29) is 11.9 Å². The van der Waals surface area contributed by atoms with E-state index in [0.717, 1.165) is 22.1 Å². The summed E-state index contributed by atoms with van der Waals surface area (Å²) in [6.07, 6.45) is 0. The zero-order valence-electron chi connectivity index (χ0n) is 13.8. The van der Waals surface area contributed by atoms with Gasteiger partial charge < -0.3 is 10.6 Å². The van der Waals surface area contributed by atoms with Gasteiger partial charge in [0.15, 0.2) is 0 Å². The lowest BCUT2D eigenvalue weighted by Crippen LogP contribution is -2.36. The molecular formula is C19H23ClN2OS. The van der Waals surface area contributed by atoms with Crippen LogP contribution in [0.2, 0.25) is 5.02 Å². The van der Waals surface area contributed by atoms with Gasteiger partial charge in [-0.05, 0) is 30.2 Å². The van der Waals surface area contributed by atoms with Crippen molar-refractivity contribution in [2.45, 2.75) is 18.7 Å². The van der Waals surface area contributed by atoms with E-state index in [1.165, 1.54) is 5.56 Å². The molecule has 0 aliphatic heterocycles. The molecule has 0 heterocycles. The van der Waals surface area contributed by atoms with Gasteiger partial charge in [-0.3, -0.25) is 4.79 Å². The average molecular weight is 363 g/mol.